The van der Waals surface area contributed by atoms with E-state index in [-0.39, 0.29) is 0 Å². The van der Waals surface area contributed by atoms with Crippen molar-refractivity contribution in [2.45, 2.75) is 19.8 Å². The lowest BCUT2D eigenvalue weighted by molar-refractivity contribution is 1.04. The molecule has 0 bridgehead atoms. The highest BCUT2D eigenvalue weighted by atomic mass is 15.1. The van der Waals surface area contributed by atoms with Gasteiger partial charge < -0.3 is 4.90 Å². The number of rotatable bonds is 10. The molecule has 0 amide bonds. The number of aryl methyl sites for hydroxylation is 1. The van der Waals surface area contributed by atoms with Crippen LogP contribution in [0.25, 0.3) is 61.7 Å². The molecular weight excluding hydrogens is 705 g/mol. The second-order valence-corrected chi connectivity index (χ2v) is 14.3. The zero-order chi connectivity index (χ0) is 39.1. The maximum absolute atomic E-state index is 5.09. The molecule has 0 unspecified atom stereocenters. The van der Waals surface area contributed by atoms with Crippen molar-refractivity contribution in [2.24, 2.45) is 0 Å². The fraction of sp³-hybridized carbons (Fsp3) is 0.0556. The van der Waals surface area contributed by atoms with Crippen LogP contribution in [0, 0.1) is 0 Å². The fourth-order valence-electron chi connectivity index (χ4n) is 7.58. The molecule has 0 radical (unpaired) electrons. The Morgan fingerprint density at radius 3 is 1.67 bits per heavy atom. The van der Waals surface area contributed by atoms with Gasteiger partial charge in [0.05, 0.1) is 0 Å². The molecule has 8 aromatic rings. The molecule has 0 atom stereocenters. The van der Waals surface area contributed by atoms with Gasteiger partial charge in [0.2, 0.25) is 0 Å². The Balaban J connectivity index is 1.09. The van der Waals surface area contributed by atoms with Crippen LogP contribution < -0.4 is 4.90 Å². The normalized spacial score (nSPS) is 12.2. The highest BCUT2D eigenvalue weighted by Crippen LogP contribution is 2.40. The number of para-hydroxylation sites is 1. The van der Waals surface area contributed by atoms with Crippen molar-refractivity contribution >= 4 is 22.6 Å². The molecule has 4 nitrogen and oxygen atoms in total. The molecule has 1 aliphatic carbocycles. The van der Waals surface area contributed by atoms with Crippen LogP contribution >= 0.6 is 0 Å². The third-order valence-electron chi connectivity index (χ3n) is 10.6. The molecule has 278 valence electrons. The largest absolute Gasteiger partial charge is 0.310 e. The molecule has 9 rings (SSSR count). The van der Waals surface area contributed by atoms with E-state index in [4.69, 9.17) is 15.0 Å². The molecule has 0 aliphatic heterocycles. The average Bonchev–Trinajstić information content (AvgIpc) is 3.60. The summed E-state index contributed by atoms with van der Waals surface area (Å²) in [5.41, 5.74) is 14.5. The van der Waals surface area contributed by atoms with Crippen LogP contribution in [0.3, 0.4) is 0 Å². The van der Waals surface area contributed by atoms with E-state index in [1.54, 1.807) is 0 Å². The topological polar surface area (TPSA) is 41.9 Å². The number of anilines is 3. The van der Waals surface area contributed by atoms with E-state index >= 15 is 0 Å². The Hall–Kier alpha value is -7.43. The number of allylic oxidation sites excluding steroid dienone is 6. The van der Waals surface area contributed by atoms with Crippen LogP contribution in [0.4, 0.5) is 17.1 Å². The Labute approximate surface area is 340 Å². The molecule has 0 spiro atoms. The minimum Gasteiger partial charge on any atom is -0.310 e. The molecular formula is C54H42N4. The van der Waals surface area contributed by atoms with Gasteiger partial charge in [-0.15, -0.1) is 0 Å². The van der Waals surface area contributed by atoms with Gasteiger partial charge in [-0.1, -0.05) is 183 Å². The van der Waals surface area contributed by atoms with E-state index in [0.717, 1.165) is 57.7 Å². The number of benzene rings is 7. The number of aromatic nitrogens is 3. The van der Waals surface area contributed by atoms with Crippen LogP contribution in [-0.4, -0.2) is 15.0 Å². The first-order valence-corrected chi connectivity index (χ1v) is 19.9. The van der Waals surface area contributed by atoms with Gasteiger partial charge >= 0.3 is 0 Å². The van der Waals surface area contributed by atoms with Crippen molar-refractivity contribution in [1.29, 1.82) is 0 Å². The van der Waals surface area contributed by atoms with Crippen LogP contribution in [0.1, 0.15) is 24.7 Å². The molecule has 4 heteroatoms. The third-order valence-corrected chi connectivity index (χ3v) is 10.6. The molecule has 1 heterocycles. The summed E-state index contributed by atoms with van der Waals surface area (Å²) in [5, 5.41) is 0. The summed E-state index contributed by atoms with van der Waals surface area (Å²) in [6.45, 7) is 2.23. The van der Waals surface area contributed by atoms with Crippen molar-refractivity contribution < 1.29 is 0 Å². The molecule has 7 aromatic carbocycles. The molecule has 0 fully saturated rings. The zero-order valence-electron chi connectivity index (χ0n) is 32.4. The number of hydrogen-bond donors (Lipinski definition) is 0. The molecule has 0 saturated heterocycles. The summed E-state index contributed by atoms with van der Waals surface area (Å²) in [6.07, 6.45) is 12.2. The highest BCUT2D eigenvalue weighted by molar-refractivity contribution is 5.85. The molecule has 0 N–H and O–H groups in total. The Morgan fingerprint density at radius 2 is 0.966 bits per heavy atom. The minimum atomic E-state index is 0.647. The summed E-state index contributed by atoms with van der Waals surface area (Å²) < 4.78 is 0. The van der Waals surface area contributed by atoms with Gasteiger partial charge in [0, 0.05) is 33.8 Å². The van der Waals surface area contributed by atoms with Crippen molar-refractivity contribution in [3.63, 3.8) is 0 Å². The monoisotopic (exact) mass is 746 g/mol. The predicted octanol–water partition coefficient (Wildman–Crippen LogP) is 14.1. The van der Waals surface area contributed by atoms with Crippen molar-refractivity contribution in [3.05, 3.63) is 224 Å². The SMILES string of the molecule is CCc1ccc(N(c2ccccc2)c2ccc(-c3ccccc3)cc2)cc1-c1ccc(-c2ccccc2-c2nc(C3=CCC=CC=C3)nc(-c3ccccc3)n2)cc1. The van der Waals surface area contributed by atoms with Crippen molar-refractivity contribution in [1.82, 2.24) is 15.0 Å². The lowest BCUT2D eigenvalue weighted by atomic mass is 9.93. The lowest BCUT2D eigenvalue weighted by Crippen LogP contribution is -2.10. The second-order valence-electron chi connectivity index (χ2n) is 14.3. The first-order valence-electron chi connectivity index (χ1n) is 19.9. The van der Waals surface area contributed by atoms with Gasteiger partial charge in [-0.05, 0) is 88.2 Å². The van der Waals surface area contributed by atoms with E-state index in [0.29, 0.717) is 17.5 Å². The van der Waals surface area contributed by atoms with Gasteiger partial charge in [-0.25, -0.2) is 15.0 Å². The van der Waals surface area contributed by atoms with Crippen LogP contribution in [-0.2, 0) is 6.42 Å². The quantitative estimate of drug-likeness (QED) is 0.140. The Morgan fingerprint density at radius 1 is 0.431 bits per heavy atom. The smallest absolute Gasteiger partial charge is 0.164 e. The minimum absolute atomic E-state index is 0.647. The van der Waals surface area contributed by atoms with E-state index < -0.39 is 0 Å². The van der Waals surface area contributed by atoms with Gasteiger partial charge in [0.1, 0.15) is 0 Å². The van der Waals surface area contributed by atoms with E-state index in [2.05, 4.69) is 188 Å². The summed E-state index contributed by atoms with van der Waals surface area (Å²) >= 11 is 0. The molecule has 1 aliphatic rings. The summed E-state index contributed by atoms with van der Waals surface area (Å²) in [6, 6.07) is 64.3. The first-order chi connectivity index (χ1) is 28.7. The summed E-state index contributed by atoms with van der Waals surface area (Å²) in [7, 11) is 0. The van der Waals surface area contributed by atoms with Crippen LogP contribution in [0.5, 0.6) is 0 Å². The predicted molar refractivity (Wildman–Crippen MR) is 242 cm³/mol. The van der Waals surface area contributed by atoms with Crippen molar-refractivity contribution in [2.75, 3.05) is 4.90 Å². The maximum atomic E-state index is 5.09. The standard InChI is InChI=1S/C54H42N4/c1-2-39-32-37-48(58(46-24-14-7-15-25-46)47-35-33-41(34-36-47)40-18-10-5-11-19-40)38-51(39)43-30-28-42(29-31-43)49-26-16-17-27-50(49)54-56-52(44-20-8-3-4-9-21-44)55-53(57-54)45-22-12-6-13-23-45/h3-8,10-38H,2,9H2,1H3. The summed E-state index contributed by atoms with van der Waals surface area (Å²) in [5.74, 6) is 1.97. The first kappa shape index (κ1) is 36.2. The van der Waals surface area contributed by atoms with Gasteiger partial charge in [0.25, 0.3) is 0 Å². The van der Waals surface area contributed by atoms with Crippen LogP contribution in [0.2, 0.25) is 0 Å². The van der Waals surface area contributed by atoms with E-state index in [1.165, 1.54) is 27.8 Å². The molecule has 0 saturated carbocycles. The third kappa shape index (κ3) is 7.69. The lowest BCUT2D eigenvalue weighted by Gasteiger charge is -2.27. The van der Waals surface area contributed by atoms with Gasteiger partial charge in [-0.2, -0.15) is 0 Å². The number of hydrogen-bond acceptors (Lipinski definition) is 4. The Bertz CT molecular complexity index is 2750. The fourth-order valence-corrected chi connectivity index (χ4v) is 7.58. The summed E-state index contributed by atoms with van der Waals surface area (Å²) in [4.78, 5) is 17.5. The number of nitrogens with zero attached hydrogens (tertiary/aromatic N) is 4. The maximum Gasteiger partial charge on any atom is 0.164 e. The highest BCUT2D eigenvalue weighted by Gasteiger charge is 2.18. The van der Waals surface area contributed by atoms with E-state index in [1.807, 2.05) is 36.4 Å². The zero-order valence-corrected chi connectivity index (χ0v) is 32.4. The Kier molecular flexibility index (Phi) is 10.5. The van der Waals surface area contributed by atoms with Crippen LogP contribution in [0.15, 0.2) is 212 Å². The second kappa shape index (κ2) is 16.7. The molecule has 58 heavy (non-hydrogen) atoms. The van der Waals surface area contributed by atoms with Gasteiger partial charge in [-0.3, -0.25) is 0 Å². The van der Waals surface area contributed by atoms with Gasteiger partial charge in [0.15, 0.2) is 17.5 Å². The average molecular weight is 747 g/mol. The molecule has 1 aromatic heterocycles. The van der Waals surface area contributed by atoms with Crippen molar-refractivity contribution in [3.8, 4) is 56.2 Å². The van der Waals surface area contributed by atoms with E-state index in [9.17, 15) is 0 Å².